The predicted octanol–water partition coefficient (Wildman–Crippen LogP) is -0.644. The van der Waals surface area contributed by atoms with E-state index in [0.29, 0.717) is 30.6 Å². The molecule has 30 heavy (non-hydrogen) atoms. The summed E-state index contributed by atoms with van der Waals surface area (Å²) in [6, 6.07) is 0. The van der Waals surface area contributed by atoms with E-state index in [4.69, 9.17) is 14.2 Å². The van der Waals surface area contributed by atoms with Crippen LogP contribution in [0.25, 0.3) is 0 Å². The van der Waals surface area contributed by atoms with Crippen molar-refractivity contribution in [3.8, 4) is 0 Å². The highest BCUT2D eigenvalue weighted by atomic mass is 16.7. The Labute approximate surface area is 174 Å². The molecule has 2 aliphatic carbocycles. The van der Waals surface area contributed by atoms with Gasteiger partial charge in [0.05, 0.1) is 18.0 Å². The number of aliphatic hydroxyl groups excluding tert-OH is 4. The Morgan fingerprint density at radius 2 is 1.93 bits per heavy atom. The molecule has 0 aromatic heterocycles. The first-order chi connectivity index (χ1) is 14.1. The van der Waals surface area contributed by atoms with Gasteiger partial charge in [-0.25, -0.2) is 4.79 Å². The maximum Gasteiger partial charge on any atom is 0.334 e. The van der Waals surface area contributed by atoms with Gasteiger partial charge in [-0.05, 0) is 32.3 Å². The Morgan fingerprint density at radius 3 is 2.60 bits per heavy atom. The molecule has 4 rings (SSSR count). The summed E-state index contributed by atoms with van der Waals surface area (Å²) in [6.45, 7) is 6.92. The topological polar surface area (TPSA) is 146 Å². The van der Waals surface area contributed by atoms with Crippen molar-refractivity contribution in [1.82, 2.24) is 0 Å². The molecule has 0 radical (unpaired) electrons. The number of ether oxygens (including phenoxy) is 3. The van der Waals surface area contributed by atoms with Crippen molar-refractivity contribution in [3.05, 3.63) is 23.5 Å². The highest BCUT2D eigenvalue weighted by Crippen LogP contribution is 2.54. The van der Waals surface area contributed by atoms with Gasteiger partial charge in [0.1, 0.15) is 30.5 Å². The molecule has 3 fully saturated rings. The summed E-state index contributed by atoms with van der Waals surface area (Å²) in [5.41, 5.74) is 0.174. The number of aliphatic hydroxyl groups is 5. The molecule has 0 bridgehead atoms. The number of esters is 1. The molecule has 5 N–H and O–H groups in total. The monoisotopic (exact) mass is 426 g/mol. The minimum atomic E-state index is -1.54. The second-order valence-corrected chi connectivity index (χ2v) is 9.16. The standard InChI is InChI=1S/C21H30O9/c1-8-10-4-5-21(3,27)11-6-12(9(2)14(11)18(10)30-19(8)26)28-20-17(25)16(24)15(23)13(7-22)29-20/h10-11,13-18,20,22-25,27H,1,4-7H2,2-3H3/t10-,11+,13+,14-,15+,16-,17+,18-,20+,21+/m0/s1. The van der Waals surface area contributed by atoms with Gasteiger partial charge in [-0.3, -0.25) is 0 Å². The summed E-state index contributed by atoms with van der Waals surface area (Å²) >= 11 is 0. The lowest BCUT2D eigenvalue weighted by atomic mass is 9.76. The molecular weight excluding hydrogens is 396 g/mol. The van der Waals surface area contributed by atoms with E-state index in [1.807, 2.05) is 6.92 Å². The van der Waals surface area contributed by atoms with Crippen molar-refractivity contribution in [2.45, 2.75) is 75.5 Å². The molecular formula is C21H30O9. The van der Waals surface area contributed by atoms with E-state index >= 15 is 0 Å². The summed E-state index contributed by atoms with van der Waals surface area (Å²) in [5, 5.41) is 50.8. The zero-order valence-electron chi connectivity index (χ0n) is 17.1. The van der Waals surface area contributed by atoms with Gasteiger partial charge in [-0.15, -0.1) is 0 Å². The molecule has 0 spiro atoms. The molecule has 0 aromatic rings. The van der Waals surface area contributed by atoms with Gasteiger partial charge in [0, 0.05) is 29.7 Å². The predicted molar refractivity (Wildman–Crippen MR) is 102 cm³/mol. The number of carbonyl (C=O) groups excluding carboxylic acids is 1. The second-order valence-electron chi connectivity index (χ2n) is 9.16. The van der Waals surface area contributed by atoms with E-state index < -0.39 is 55.0 Å². The van der Waals surface area contributed by atoms with Crippen molar-refractivity contribution in [1.29, 1.82) is 0 Å². The van der Waals surface area contributed by atoms with Crippen LogP contribution in [0.3, 0.4) is 0 Å². The molecule has 0 aromatic carbocycles. The molecule has 0 amide bonds. The fraction of sp³-hybridized carbons (Fsp3) is 0.762. The molecule has 4 aliphatic rings. The molecule has 2 aliphatic heterocycles. The summed E-state index contributed by atoms with van der Waals surface area (Å²) < 4.78 is 17.0. The Bertz CT molecular complexity index is 758. The Morgan fingerprint density at radius 1 is 1.23 bits per heavy atom. The smallest absolute Gasteiger partial charge is 0.334 e. The fourth-order valence-corrected chi connectivity index (χ4v) is 5.43. The van der Waals surface area contributed by atoms with Crippen molar-refractivity contribution in [3.63, 3.8) is 0 Å². The van der Waals surface area contributed by atoms with E-state index in [0.717, 1.165) is 5.57 Å². The van der Waals surface area contributed by atoms with Crippen LogP contribution >= 0.6 is 0 Å². The summed E-state index contributed by atoms with van der Waals surface area (Å²) in [4.78, 5) is 12.1. The van der Waals surface area contributed by atoms with Crippen LogP contribution in [0.2, 0.25) is 0 Å². The van der Waals surface area contributed by atoms with E-state index in [1.54, 1.807) is 6.92 Å². The van der Waals surface area contributed by atoms with Crippen molar-refractivity contribution in [2.24, 2.45) is 17.8 Å². The highest BCUT2D eigenvalue weighted by Gasteiger charge is 2.57. The minimum Gasteiger partial charge on any atom is -0.466 e. The highest BCUT2D eigenvalue weighted by molar-refractivity contribution is 5.91. The van der Waals surface area contributed by atoms with Gasteiger partial charge < -0.3 is 39.7 Å². The third-order valence-electron chi connectivity index (χ3n) is 7.35. The third-order valence-corrected chi connectivity index (χ3v) is 7.35. The van der Waals surface area contributed by atoms with Crippen molar-refractivity contribution >= 4 is 5.97 Å². The first-order valence-corrected chi connectivity index (χ1v) is 10.4. The molecule has 168 valence electrons. The fourth-order valence-electron chi connectivity index (χ4n) is 5.43. The molecule has 1 saturated carbocycles. The lowest BCUT2D eigenvalue weighted by molar-refractivity contribution is -0.292. The second kappa shape index (κ2) is 7.58. The lowest BCUT2D eigenvalue weighted by Gasteiger charge is -2.40. The van der Waals surface area contributed by atoms with Gasteiger partial charge >= 0.3 is 5.97 Å². The van der Waals surface area contributed by atoms with Crippen LogP contribution in [0.1, 0.15) is 33.1 Å². The lowest BCUT2D eigenvalue weighted by Crippen LogP contribution is -2.59. The van der Waals surface area contributed by atoms with Crippen molar-refractivity contribution in [2.75, 3.05) is 6.61 Å². The number of hydrogen-bond donors (Lipinski definition) is 5. The maximum atomic E-state index is 12.1. The van der Waals surface area contributed by atoms with Gasteiger partial charge in [0.2, 0.25) is 6.29 Å². The van der Waals surface area contributed by atoms with Crippen LogP contribution < -0.4 is 0 Å². The minimum absolute atomic E-state index is 0.180. The van der Waals surface area contributed by atoms with Crippen LogP contribution in [-0.2, 0) is 19.0 Å². The summed E-state index contributed by atoms with van der Waals surface area (Å²) in [7, 11) is 0. The molecule has 2 heterocycles. The van der Waals surface area contributed by atoms with Crippen LogP contribution in [0.5, 0.6) is 0 Å². The third kappa shape index (κ3) is 3.28. The maximum absolute atomic E-state index is 12.1. The Kier molecular flexibility index (Phi) is 5.49. The van der Waals surface area contributed by atoms with E-state index in [-0.39, 0.29) is 17.8 Å². The number of hydrogen-bond acceptors (Lipinski definition) is 9. The molecule has 9 nitrogen and oxygen atoms in total. The van der Waals surface area contributed by atoms with Gasteiger partial charge in [0.25, 0.3) is 0 Å². The molecule has 10 atom stereocenters. The number of rotatable bonds is 3. The normalized spacial score (nSPS) is 48.8. The zero-order chi connectivity index (χ0) is 22.0. The molecule has 0 unspecified atom stereocenters. The SMILES string of the molecule is C=C1C(=O)O[C@@H]2[C@H]3C(C)=C(O[C@@H]4O[C@H](CO)[C@@H](O)[C@H](O)[C@H]4O)C[C@H]3[C@](C)(O)CC[C@@H]12. The van der Waals surface area contributed by atoms with Crippen LogP contribution in [0.15, 0.2) is 23.5 Å². The van der Waals surface area contributed by atoms with Gasteiger partial charge in [0.15, 0.2) is 0 Å². The number of carbonyl (C=O) groups is 1. The van der Waals surface area contributed by atoms with E-state index in [1.165, 1.54) is 0 Å². The number of allylic oxidation sites excluding steroid dienone is 1. The first-order valence-electron chi connectivity index (χ1n) is 10.4. The van der Waals surface area contributed by atoms with Gasteiger partial charge in [-0.1, -0.05) is 6.58 Å². The molecule has 9 heteroatoms. The van der Waals surface area contributed by atoms with Gasteiger partial charge in [-0.2, -0.15) is 0 Å². The quantitative estimate of drug-likeness (QED) is 0.294. The van der Waals surface area contributed by atoms with E-state index in [9.17, 15) is 30.3 Å². The summed E-state index contributed by atoms with van der Waals surface area (Å²) in [6.07, 6.45) is -5.93. The molecule has 2 saturated heterocycles. The number of fused-ring (bicyclic) bond motifs is 3. The Balaban J connectivity index is 1.62. The van der Waals surface area contributed by atoms with Crippen molar-refractivity contribution < 1.29 is 44.5 Å². The van der Waals surface area contributed by atoms with Crippen LogP contribution in [-0.4, -0.2) is 80.5 Å². The summed E-state index contributed by atoms with van der Waals surface area (Å²) in [5.74, 6) is -0.674. The van der Waals surface area contributed by atoms with E-state index in [2.05, 4.69) is 6.58 Å². The zero-order valence-corrected chi connectivity index (χ0v) is 17.1. The average molecular weight is 426 g/mol. The Hall–Kier alpha value is -1.49. The largest absolute Gasteiger partial charge is 0.466 e. The van der Waals surface area contributed by atoms with Crippen LogP contribution in [0.4, 0.5) is 0 Å². The average Bonchev–Trinajstić information content (AvgIpc) is 3.13. The van der Waals surface area contributed by atoms with Crippen LogP contribution in [0, 0.1) is 17.8 Å². The first kappa shape index (κ1) is 21.7.